The summed E-state index contributed by atoms with van der Waals surface area (Å²) < 4.78 is 11.0. The highest BCUT2D eigenvalue weighted by Crippen LogP contribution is 2.49. The zero-order chi connectivity index (χ0) is 23.6. The summed E-state index contributed by atoms with van der Waals surface area (Å²) in [7, 11) is 9.55. The number of likely N-dealkylation sites (N-methyl/N-ethyl adjacent to an activating group) is 1. The van der Waals surface area contributed by atoms with Crippen LogP contribution in [0.25, 0.3) is 0 Å². The van der Waals surface area contributed by atoms with Gasteiger partial charge in [-0.25, -0.2) is 4.79 Å². The second kappa shape index (κ2) is 9.51. The van der Waals surface area contributed by atoms with Crippen molar-refractivity contribution in [1.29, 1.82) is 0 Å². The molecule has 33 heavy (non-hydrogen) atoms. The molecule has 0 bridgehead atoms. The average molecular weight is 453 g/mol. The van der Waals surface area contributed by atoms with Crippen LogP contribution < -0.4 is 25.0 Å². The van der Waals surface area contributed by atoms with Crippen molar-refractivity contribution < 1.29 is 14.3 Å². The number of methoxy groups -OCH3 is 2. The van der Waals surface area contributed by atoms with Gasteiger partial charge in [-0.3, -0.25) is 0 Å². The van der Waals surface area contributed by atoms with Crippen molar-refractivity contribution in [1.82, 2.24) is 10.2 Å². The Bertz CT molecular complexity index is 978. The average Bonchev–Trinajstić information content (AvgIpc) is 3.16. The molecular formula is C26H36N4O3. The van der Waals surface area contributed by atoms with Gasteiger partial charge in [0.25, 0.3) is 0 Å². The highest BCUT2D eigenvalue weighted by molar-refractivity contribution is 5.89. The Kier molecular flexibility index (Phi) is 6.70. The number of amides is 2. The topological polar surface area (TPSA) is 66.1 Å². The number of hydrogen-bond acceptors (Lipinski definition) is 5. The van der Waals surface area contributed by atoms with Gasteiger partial charge in [0.1, 0.15) is 0 Å². The van der Waals surface area contributed by atoms with Gasteiger partial charge in [-0.1, -0.05) is 6.07 Å². The standard InChI is InChI=1S/C26H36N4O3/c1-29(2)21-9-7-19(8-10-21)27-25(31)28-20-12-13-26(14-15-30(3)24(26)17-20)18-6-11-22(32-4)23(16-18)33-5/h6-11,16,20,24H,12-15,17H2,1-5H3,(H2,27,28,31)/t20-,24+,26-/m0/s1. The second-order valence-corrected chi connectivity index (χ2v) is 9.48. The lowest BCUT2D eigenvalue weighted by atomic mass is 9.65. The Balaban J connectivity index is 1.44. The van der Waals surface area contributed by atoms with Crippen LogP contribution in [0.4, 0.5) is 16.2 Å². The van der Waals surface area contributed by atoms with Gasteiger partial charge in [0.05, 0.1) is 14.2 Å². The normalized spacial score (nSPS) is 24.6. The first-order chi connectivity index (χ1) is 15.9. The molecule has 2 N–H and O–H groups in total. The summed E-state index contributed by atoms with van der Waals surface area (Å²) in [6, 6.07) is 14.6. The minimum Gasteiger partial charge on any atom is -0.493 e. The summed E-state index contributed by atoms with van der Waals surface area (Å²) >= 11 is 0. The predicted octanol–water partition coefficient (Wildman–Crippen LogP) is 4.09. The highest BCUT2D eigenvalue weighted by Gasteiger charge is 2.50. The molecule has 0 aromatic heterocycles. The Labute approximate surface area is 197 Å². The minimum absolute atomic E-state index is 0.0744. The van der Waals surface area contributed by atoms with Gasteiger partial charge in [-0.2, -0.15) is 0 Å². The fourth-order valence-electron chi connectivity index (χ4n) is 5.59. The van der Waals surface area contributed by atoms with Gasteiger partial charge < -0.3 is 29.9 Å². The van der Waals surface area contributed by atoms with Crippen LogP contribution in [0.2, 0.25) is 0 Å². The lowest BCUT2D eigenvalue weighted by molar-refractivity contribution is 0.156. The summed E-state index contributed by atoms with van der Waals surface area (Å²) in [6.07, 6.45) is 4.02. The quantitative estimate of drug-likeness (QED) is 0.691. The molecule has 4 rings (SSSR count). The first-order valence-electron chi connectivity index (χ1n) is 11.6. The van der Waals surface area contributed by atoms with E-state index in [0.29, 0.717) is 6.04 Å². The number of nitrogens with one attached hydrogen (secondary N) is 2. The molecule has 2 aromatic rings. The lowest BCUT2D eigenvalue weighted by Crippen LogP contribution is -2.52. The molecule has 0 unspecified atom stereocenters. The molecule has 2 aromatic carbocycles. The smallest absolute Gasteiger partial charge is 0.319 e. The molecule has 0 radical (unpaired) electrons. The van der Waals surface area contributed by atoms with E-state index in [1.807, 2.05) is 49.3 Å². The number of rotatable bonds is 6. The first kappa shape index (κ1) is 23.2. The van der Waals surface area contributed by atoms with Gasteiger partial charge >= 0.3 is 6.03 Å². The van der Waals surface area contributed by atoms with Crippen LogP contribution in [-0.4, -0.2) is 64.9 Å². The first-order valence-corrected chi connectivity index (χ1v) is 11.6. The van der Waals surface area contributed by atoms with Crippen LogP contribution in [-0.2, 0) is 5.41 Å². The summed E-state index contributed by atoms with van der Waals surface area (Å²) in [4.78, 5) is 17.2. The van der Waals surface area contributed by atoms with E-state index in [4.69, 9.17) is 9.47 Å². The largest absolute Gasteiger partial charge is 0.493 e. The number of likely N-dealkylation sites (tertiary alicyclic amines) is 1. The summed E-state index contributed by atoms with van der Waals surface area (Å²) in [5.74, 6) is 1.53. The molecular weight excluding hydrogens is 416 g/mol. The molecule has 3 atom stereocenters. The Morgan fingerprint density at radius 3 is 2.45 bits per heavy atom. The van der Waals surface area contributed by atoms with Crippen molar-refractivity contribution >= 4 is 17.4 Å². The van der Waals surface area contributed by atoms with Crippen molar-refractivity contribution in [3.8, 4) is 11.5 Å². The third-order valence-corrected chi connectivity index (χ3v) is 7.46. The molecule has 1 heterocycles. The number of urea groups is 1. The van der Waals surface area contributed by atoms with Crippen LogP contribution in [0.3, 0.4) is 0 Å². The third kappa shape index (κ3) is 4.60. The molecule has 2 aliphatic rings. The van der Waals surface area contributed by atoms with Gasteiger partial charge in [-0.05, 0) is 81.2 Å². The zero-order valence-electron chi connectivity index (χ0n) is 20.4. The third-order valence-electron chi connectivity index (χ3n) is 7.46. The van der Waals surface area contributed by atoms with Gasteiger partial charge in [0.2, 0.25) is 0 Å². The van der Waals surface area contributed by atoms with E-state index in [-0.39, 0.29) is 17.5 Å². The number of carbonyl (C=O) groups excluding carboxylic acids is 1. The summed E-state index contributed by atoms with van der Waals surface area (Å²) in [6.45, 7) is 1.05. The molecule has 2 amide bonds. The molecule has 1 saturated carbocycles. The van der Waals surface area contributed by atoms with E-state index in [0.717, 1.165) is 55.1 Å². The molecule has 2 fully saturated rings. The fraction of sp³-hybridized carbons (Fsp3) is 0.500. The SMILES string of the molecule is COc1ccc([C@@]23CC[C@H](NC(=O)Nc4ccc(N(C)C)cc4)C[C@H]2N(C)CC3)cc1OC. The summed E-state index contributed by atoms with van der Waals surface area (Å²) in [5.41, 5.74) is 3.28. The lowest BCUT2D eigenvalue weighted by Gasteiger charge is -2.45. The van der Waals surface area contributed by atoms with Crippen LogP contribution in [0.1, 0.15) is 31.2 Å². The van der Waals surface area contributed by atoms with Crippen molar-refractivity contribution in [3.05, 3.63) is 48.0 Å². The van der Waals surface area contributed by atoms with Crippen LogP contribution >= 0.6 is 0 Å². The van der Waals surface area contributed by atoms with Crippen molar-refractivity contribution in [3.63, 3.8) is 0 Å². The van der Waals surface area contributed by atoms with Crippen LogP contribution in [0.15, 0.2) is 42.5 Å². The Morgan fingerprint density at radius 1 is 1.06 bits per heavy atom. The van der Waals surface area contributed by atoms with Gasteiger partial charge in [0, 0.05) is 43.0 Å². The maximum atomic E-state index is 12.7. The van der Waals surface area contributed by atoms with Crippen molar-refractivity contribution in [2.75, 3.05) is 52.1 Å². The Morgan fingerprint density at radius 2 is 1.79 bits per heavy atom. The monoisotopic (exact) mass is 452 g/mol. The number of carbonyl (C=O) groups is 1. The zero-order valence-corrected chi connectivity index (χ0v) is 20.4. The summed E-state index contributed by atoms with van der Waals surface area (Å²) in [5, 5.41) is 6.20. The van der Waals surface area contributed by atoms with Crippen LogP contribution in [0.5, 0.6) is 11.5 Å². The van der Waals surface area contributed by atoms with E-state index in [9.17, 15) is 4.79 Å². The predicted molar refractivity (Wildman–Crippen MR) is 133 cm³/mol. The number of benzene rings is 2. The molecule has 178 valence electrons. The minimum atomic E-state index is -0.142. The maximum absolute atomic E-state index is 12.7. The molecule has 1 aliphatic heterocycles. The molecule has 7 nitrogen and oxygen atoms in total. The maximum Gasteiger partial charge on any atom is 0.319 e. The van der Waals surface area contributed by atoms with E-state index in [1.165, 1.54) is 5.56 Å². The van der Waals surface area contributed by atoms with E-state index in [2.05, 4.69) is 34.7 Å². The van der Waals surface area contributed by atoms with E-state index < -0.39 is 0 Å². The van der Waals surface area contributed by atoms with Crippen LogP contribution in [0, 0.1) is 0 Å². The van der Waals surface area contributed by atoms with Crippen molar-refractivity contribution in [2.45, 2.75) is 43.2 Å². The van der Waals surface area contributed by atoms with E-state index in [1.54, 1.807) is 14.2 Å². The number of ether oxygens (including phenoxy) is 2. The number of hydrogen-bond donors (Lipinski definition) is 2. The molecule has 1 aliphatic carbocycles. The molecule has 7 heteroatoms. The molecule has 0 spiro atoms. The number of nitrogens with zero attached hydrogens (tertiary/aromatic N) is 2. The second-order valence-electron chi connectivity index (χ2n) is 9.48. The molecule has 1 saturated heterocycles. The van der Waals surface area contributed by atoms with Gasteiger partial charge in [0.15, 0.2) is 11.5 Å². The Hall–Kier alpha value is -2.93. The van der Waals surface area contributed by atoms with Gasteiger partial charge in [-0.15, -0.1) is 0 Å². The van der Waals surface area contributed by atoms with E-state index >= 15 is 0 Å². The number of fused-ring (bicyclic) bond motifs is 1. The van der Waals surface area contributed by atoms with Crippen molar-refractivity contribution in [2.24, 2.45) is 0 Å². The highest BCUT2D eigenvalue weighted by atomic mass is 16.5. The number of anilines is 2. The fourth-order valence-corrected chi connectivity index (χ4v) is 5.59.